The minimum Gasteiger partial charge on any atom is -0.465 e. The fraction of sp³-hybridized carbons (Fsp3) is 0.462. The number of benzene rings is 1. The maximum absolute atomic E-state index is 10.6. The van der Waals surface area contributed by atoms with E-state index in [2.05, 4.69) is 10.2 Å². The van der Waals surface area contributed by atoms with Crippen LogP contribution in [0.15, 0.2) is 30.3 Å². The maximum Gasteiger partial charge on any atom is 0.404 e. The summed E-state index contributed by atoms with van der Waals surface area (Å²) in [6, 6.07) is 9.77. The second-order valence-electron chi connectivity index (χ2n) is 4.72. The molecule has 1 aliphatic rings. The summed E-state index contributed by atoms with van der Waals surface area (Å²) >= 11 is 0. The minimum atomic E-state index is -1.03. The van der Waals surface area contributed by atoms with E-state index < -0.39 is 12.2 Å². The highest BCUT2D eigenvalue weighted by Gasteiger charge is 2.26. The summed E-state index contributed by atoms with van der Waals surface area (Å²) in [5.41, 5.74) is 1.17. The highest BCUT2D eigenvalue weighted by Crippen LogP contribution is 2.14. The predicted molar refractivity (Wildman–Crippen MR) is 67.3 cm³/mol. The number of amides is 1. The van der Waals surface area contributed by atoms with E-state index in [4.69, 9.17) is 5.11 Å². The molecule has 1 fully saturated rings. The van der Waals surface area contributed by atoms with Gasteiger partial charge in [0.2, 0.25) is 0 Å². The molecule has 0 spiro atoms. The van der Waals surface area contributed by atoms with Gasteiger partial charge in [0, 0.05) is 25.7 Å². The van der Waals surface area contributed by atoms with Crippen LogP contribution in [-0.2, 0) is 6.54 Å². The third-order valence-corrected chi connectivity index (χ3v) is 3.08. The molecule has 3 N–H and O–H groups in total. The van der Waals surface area contributed by atoms with Crippen LogP contribution in [0.5, 0.6) is 0 Å². The Morgan fingerprint density at radius 2 is 2.06 bits per heavy atom. The molecule has 0 aliphatic carbocycles. The second-order valence-corrected chi connectivity index (χ2v) is 4.72. The number of hydrogen-bond donors (Lipinski definition) is 3. The number of nitrogens with one attached hydrogen (secondary N) is 1. The number of nitrogens with zero attached hydrogens (tertiary/aromatic N) is 1. The van der Waals surface area contributed by atoms with Gasteiger partial charge in [0.05, 0.1) is 6.10 Å². The molecule has 5 nitrogen and oxygen atoms in total. The largest absolute Gasteiger partial charge is 0.465 e. The summed E-state index contributed by atoms with van der Waals surface area (Å²) in [5.74, 6) is 0. The minimum absolute atomic E-state index is 0.199. The molecule has 2 rings (SSSR count). The summed E-state index contributed by atoms with van der Waals surface area (Å²) in [5, 5.41) is 20.9. The molecule has 18 heavy (non-hydrogen) atoms. The van der Waals surface area contributed by atoms with Crippen LogP contribution in [0.2, 0.25) is 0 Å². The summed E-state index contributed by atoms with van der Waals surface area (Å²) in [4.78, 5) is 12.7. The van der Waals surface area contributed by atoms with Gasteiger partial charge in [-0.15, -0.1) is 0 Å². The number of β-amino-alcohol motifs (C(OH)–C–C–N with tert-alkyl or cyclic N) is 1. The van der Waals surface area contributed by atoms with E-state index >= 15 is 0 Å². The van der Waals surface area contributed by atoms with Crippen LogP contribution in [0.4, 0.5) is 4.79 Å². The monoisotopic (exact) mass is 250 g/mol. The second kappa shape index (κ2) is 5.84. The predicted octanol–water partition coefficient (Wildman–Crippen LogP) is 0.889. The van der Waals surface area contributed by atoms with Crippen molar-refractivity contribution >= 4 is 6.09 Å². The van der Waals surface area contributed by atoms with Crippen LogP contribution < -0.4 is 5.32 Å². The van der Waals surface area contributed by atoms with Crippen molar-refractivity contribution < 1.29 is 15.0 Å². The highest BCUT2D eigenvalue weighted by atomic mass is 16.4. The number of hydrogen-bond acceptors (Lipinski definition) is 3. The van der Waals surface area contributed by atoms with Gasteiger partial charge < -0.3 is 15.5 Å². The third kappa shape index (κ3) is 3.72. The molecule has 0 saturated carbocycles. The van der Waals surface area contributed by atoms with Gasteiger partial charge in [0.25, 0.3) is 0 Å². The van der Waals surface area contributed by atoms with Gasteiger partial charge in [-0.3, -0.25) is 4.90 Å². The van der Waals surface area contributed by atoms with E-state index in [1.165, 1.54) is 5.56 Å². The first-order valence-electron chi connectivity index (χ1n) is 6.07. The fourth-order valence-electron chi connectivity index (χ4n) is 2.41. The molecule has 5 heteroatoms. The third-order valence-electron chi connectivity index (χ3n) is 3.08. The zero-order valence-corrected chi connectivity index (χ0v) is 10.1. The normalized spacial score (nSPS) is 24.7. The Morgan fingerprint density at radius 3 is 2.72 bits per heavy atom. The topological polar surface area (TPSA) is 72.8 Å². The molecule has 0 aromatic heterocycles. The molecule has 2 atom stereocenters. The molecule has 98 valence electrons. The number of carbonyl (C=O) groups is 1. The van der Waals surface area contributed by atoms with Crippen molar-refractivity contribution in [1.29, 1.82) is 0 Å². The lowest BCUT2D eigenvalue weighted by Crippen LogP contribution is -2.51. The van der Waals surface area contributed by atoms with Crippen LogP contribution in [0.1, 0.15) is 12.0 Å². The Kier molecular flexibility index (Phi) is 4.17. The Bertz CT molecular complexity index is 396. The first kappa shape index (κ1) is 12.9. The van der Waals surface area contributed by atoms with E-state index in [1.54, 1.807) is 0 Å². The van der Waals surface area contributed by atoms with Crippen molar-refractivity contribution in [3.05, 3.63) is 35.9 Å². The lowest BCUT2D eigenvalue weighted by molar-refractivity contribution is 0.0483. The van der Waals surface area contributed by atoms with Crippen LogP contribution in [-0.4, -0.2) is 46.4 Å². The molecular weight excluding hydrogens is 232 g/mol. The van der Waals surface area contributed by atoms with Gasteiger partial charge in [-0.25, -0.2) is 4.79 Å². The van der Waals surface area contributed by atoms with Crippen LogP contribution in [0, 0.1) is 0 Å². The van der Waals surface area contributed by atoms with Crippen molar-refractivity contribution in [2.24, 2.45) is 0 Å². The summed E-state index contributed by atoms with van der Waals surface area (Å²) in [6.07, 6.45) is -1.02. The molecule has 1 aliphatic heterocycles. The smallest absolute Gasteiger partial charge is 0.404 e. The maximum atomic E-state index is 10.6. The molecule has 0 radical (unpaired) electrons. The van der Waals surface area contributed by atoms with Crippen LogP contribution in [0.25, 0.3) is 0 Å². The number of piperidine rings is 1. The molecule has 0 bridgehead atoms. The average Bonchev–Trinajstić information content (AvgIpc) is 2.28. The van der Waals surface area contributed by atoms with Crippen LogP contribution in [0.3, 0.4) is 0 Å². The van der Waals surface area contributed by atoms with E-state index in [0.29, 0.717) is 19.5 Å². The Balaban J connectivity index is 1.94. The first-order chi connectivity index (χ1) is 8.63. The summed E-state index contributed by atoms with van der Waals surface area (Å²) in [6.45, 7) is 1.96. The number of aliphatic hydroxyl groups excluding tert-OH is 1. The molecule has 1 heterocycles. The lowest BCUT2D eigenvalue weighted by Gasteiger charge is -2.35. The van der Waals surface area contributed by atoms with E-state index in [-0.39, 0.29) is 6.04 Å². The number of rotatable bonds is 3. The average molecular weight is 250 g/mol. The molecule has 1 amide bonds. The lowest BCUT2D eigenvalue weighted by atomic mass is 10.0. The first-order valence-corrected chi connectivity index (χ1v) is 6.07. The van der Waals surface area contributed by atoms with Gasteiger partial charge in [0.1, 0.15) is 0 Å². The van der Waals surface area contributed by atoms with Gasteiger partial charge >= 0.3 is 6.09 Å². The van der Waals surface area contributed by atoms with Gasteiger partial charge in [-0.1, -0.05) is 30.3 Å². The Morgan fingerprint density at radius 1 is 1.33 bits per heavy atom. The number of likely N-dealkylation sites (tertiary alicyclic amines) is 1. The standard InChI is InChI=1S/C13H18N2O3/c16-12-6-11(14-13(17)18)8-15(9-12)7-10-4-2-1-3-5-10/h1-5,11-12,14,16H,6-9H2,(H,17,18)/t11-,12+/m0/s1. The Hall–Kier alpha value is -1.59. The summed E-state index contributed by atoms with van der Waals surface area (Å²) in [7, 11) is 0. The zero-order valence-electron chi connectivity index (χ0n) is 10.1. The molecule has 0 unspecified atom stereocenters. The number of carboxylic acid groups (broad SMARTS) is 1. The van der Waals surface area contributed by atoms with Crippen molar-refractivity contribution in [2.75, 3.05) is 13.1 Å². The summed E-state index contributed by atoms with van der Waals surface area (Å²) < 4.78 is 0. The quantitative estimate of drug-likeness (QED) is 0.745. The van der Waals surface area contributed by atoms with Gasteiger partial charge in [0.15, 0.2) is 0 Å². The van der Waals surface area contributed by atoms with Crippen molar-refractivity contribution in [2.45, 2.75) is 25.1 Å². The van der Waals surface area contributed by atoms with Crippen LogP contribution >= 0.6 is 0 Å². The van der Waals surface area contributed by atoms with E-state index in [1.807, 2.05) is 30.3 Å². The molecule has 1 aromatic carbocycles. The van der Waals surface area contributed by atoms with Crippen molar-refractivity contribution in [3.8, 4) is 0 Å². The van der Waals surface area contributed by atoms with Crippen molar-refractivity contribution in [1.82, 2.24) is 10.2 Å². The van der Waals surface area contributed by atoms with E-state index in [0.717, 1.165) is 6.54 Å². The Labute approximate surface area is 106 Å². The number of aliphatic hydroxyl groups is 1. The highest BCUT2D eigenvalue weighted by molar-refractivity contribution is 5.64. The molecule has 1 saturated heterocycles. The van der Waals surface area contributed by atoms with Gasteiger partial charge in [-0.2, -0.15) is 0 Å². The zero-order chi connectivity index (χ0) is 13.0. The molecular formula is C13H18N2O3. The van der Waals surface area contributed by atoms with Crippen molar-refractivity contribution in [3.63, 3.8) is 0 Å². The molecule has 1 aromatic rings. The van der Waals surface area contributed by atoms with Gasteiger partial charge in [-0.05, 0) is 12.0 Å². The van der Waals surface area contributed by atoms with E-state index in [9.17, 15) is 9.90 Å². The SMILES string of the molecule is O=C(O)N[C@H]1C[C@@H](O)CN(Cc2ccccc2)C1. The fourth-order valence-corrected chi connectivity index (χ4v) is 2.41.